The maximum absolute atomic E-state index is 10.6. The second kappa shape index (κ2) is 6.39. The fourth-order valence-electron chi connectivity index (χ4n) is 1.52. The number of nitrogens with two attached hydrogens (primary N) is 1. The summed E-state index contributed by atoms with van der Waals surface area (Å²) < 4.78 is 8.23. The lowest BCUT2D eigenvalue weighted by molar-refractivity contribution is -0.133. The highest BCUT2D eigenvalue weighted by atomic mass is 32.2. The van der Waals surface area contributed by atoms with Crippen LogP contribution in [0.15, 0.2) is 17.6 Å². The molecule has 0 aliphatic carbocycles. The van der Waals surface area contributed by atoms with Gasteiger partial charge in [-0.25, -0.2) is 0 Å². The minimum atomic E-state index is -0.932. The number of methoxy groups -OCH3 is 1. The van der Waals surface area contributed by atoms with Crippen LogP contribution in [0.2, 0.25) is 0 Å². The minimum absolute atomic E-state index is 0.115. The number of hydrogen-bond acceptors (Lipinski definition) is 7. The van der Waals surface area contributed by atoms with Gasteiger partial charge in [0.2, 0.25) is 5.95 Å². The van der Waals surface area contributed by atoms with Crippen LogP contribution in [0.1, 0.15) is 0 Å². The summed E-state index contributed by atoms with van der Waals surface area (Å²) >= 11 is 1.05. The lowest BCUT2D eigenvalue weighted by Gasteiger charge is -2.03. The van der Waals surface area contributed by atoms with Crippen LogP contribution in [0, 0.1) is 0 Å². The summed E-state index contributed by atoms with van der Waals surface area (Å²) in [5.41, 5.74) is 6.43. The molecule has 0 bridgehead atoms. The zero-order chi connectivity index (χ0) is 14.5. The highest BCUT2D eigenvalue weighted by Gasteiger charge is 2.14. The first-order valence-electron chi connectivity index (χ1n) is 5.69. The largest absolute Gasteiger partial charge is 0.481 e. The van der Waals surface area contributed by atoms with Crippen LogP contribution in [-0.2, 0) is 16.1 Å². The minimum Gasteiger partial charge on any atom is -0.481 e. The zero-order valence-electron chi connectivity index (χ0n) is 10.8. The van der Waals surface area contributed by atoms with Gasteiger partial charge in [-0.15, -0.1) is 10.2 Å². The van der Waals surface area contributed by atoms with Gasteiger partial charge in [-0.2, -0.15) is 5.10 Å². The monoisotopic (exact) mass is 298 g/mol. The van der Waals surface area contributed by atoms with Crippen LogP contribution in [-0.4, -0.2) is 55.1 Å². The molecule has 2 aromatic heterocycles. The van der Waals surface area contributed by atoms with E-state index < -0.39 is 5.97 Å². The first-order chi connectivity index (χ1) is 9.61. The predicted octanol–water partition coefficient (Wildman–Crippen LogP) is -0.131. The Morgan fingerprint density at radius 2 is 2.35 bits per heavy atom. The van der Waals surface area contributed by atoms with E-state index in [0.29, 0.717) is 24.0 Å². The number of hydrogen-bond donors (Lipinski definition) is 2. The second-order valence-corrected chi connectivity index (χ2v) is 4.76. The molecule has 0 atom stereocenters. The van der Waals surface area contributed by atoms with Crippen LogP contribution >= 0.6 is 11.8 Å². The van der Waals surface area contributed by atoms with Gasteiger partial charge in [0, 0.05) is 13.3 Å². The molecule has 0 amide bonds. The molecule has 9 nitrogen and oxygen atoms in total. The van der Waals surface area contributed by atoms with Crippen molar-refractivity contribution in [2.45, 2.75) is 11.7 Å². The number of ether oxygens (including phenoxy) is 1. The van der Waals surface area contributed by atoms with Crippen molar-refractivity contribution in [1.82, 2.24) is 24.5 Å². The summed E-state index contributed by atoms with van der Waals surface area (Å²) in [6.07, 6.45) is 3.38. The second-order valence-electron chi connectivity index (χ2n) is 3.81. The highest BCUT2D eigenvalue weighted by molar-refractivity contribution is 7.99. The Labute approximate surface area is 118 Å². The maximum atomic E-state index is 10.6. The topological polar surface area (TPSA) is 121 Å². The van der Waals surface area contributed by atoms with Gasteiger partial charge in [0.25, 0.3) is 0 Å². The molecule has 0 saturated heterocycles. The summed E-state index contributed by atoms with van der Waals surface area (Å²) in [6, 6.07) is 0. The summed E-state index contributed by atoms with van der Waals surface area (Å²) in [7, 11) is 1.61. The van der Waals surface area contributed by atoms with E-state index in [2.05, 4.69) is 15.3 Å². The Hall–Kier alpha value is -2.07. The van der Waals surface area contributed by atoms with E-state index in [1.807, 2.05) is 0 Å². The van der Waals surface area contributed by atoms with E-state index in [0.717, 1.165) is 11.8 Å². The predicted molar refractivity (Wildman–Crippen MR) is 71.8 cm³/mol. The Morgan fingerprint density at radius 3 is 3.05 bits per heavy atom. The molecule has 2 aromatic rings. The third-order valence-electron chi connectivity index (χ3n) is 2.39. The third kappa shape index (κ3) is 3.27. The van der Waals surface area contributed by atoms with Crippen molar-refractivity contribution in [3.63, 3.8) is 0 Å². The molecule has 0 aliphatic rings. The standard InChI is InChI=1S/C10H14N6O3S/c1-19-3-2-15-5-7(4-12-15)16-9(11)13-14-10(16)20-6-8(17)18/h4-5H,2-3,6H2,1H3,(H2,11,13)(H,17,18). The lowest BCUT2D eigenvalue weighted by Crippen LogP contribution is -2.05. The summed E-state index contributed by atoms with van der Waals surface area (Å²) in [6.45, 7) is 1.15. The summed E-state index contributed by atoms with van der Waals surface area (Å²) in [4.78, 5) is 10.6. The van der Waals surface area contributed by atoms with Crippen molar-refractivity contribution in [3.05, 3.63) is 12.4 Å². The van der Waals surface area contributed by atoms with Crippen LogP contribution in [0.4, 0.5) is 5.95 Å². The number of nitrogen functional groups attached to an aromatic ring is 1. The number of aliphatic carboxylic acids is 1. The van der Waals surface area contributed by atoms with Crippen LogP contribution < -0.4 is 5.73 Å². The fraction of sp³-hybridized carbons (Fsp3) is 0.400. The number of aromatic nitrogens is 5. The number of carboxylic acids is 1. The van der Waals surface area contributed by atoms with Crippen molar-refractivity contribution in [1.29, 1.82) is 0 Å². The van der Waals surface area contributed by atoms with E-state index in [9.17, 15) is 4.79 Å². The molecule has 0 unspecified atom stereocenters. The van der Waals surface area contributed by atoms with Crippen LogP contribution in [0.3, 0.4) is 0 Å². The number of nitrogens with zero attached hydrogens (tertiary/aromatic N) is 5. The lowest BCUT2D eigenvalue weighted by atomic mass is 10.5. The van der Waals surface area contributed by atoms with Crippen LogP contribution in [0.5, 0.6) is 0 Å². The molecule has 10 heteroatoms. The van der Waals surface area contributed by atoms with E-state index >= 15 is 0 Å². The Bertz CT molecular complexity index is 596. The molecule has 0 aromatic carbocycles. The molecular formula is C10H14N6O3S. The van der Waals surface area contributed by atoms with Crippen molar-refractivity contribution < 1.29 is 14.6 Å². The maximum Gasteiger partial charge on any atom is 0.313 e. The van der Waals surface area contributed by atoms with Gasteiger partial charge in [-0.3, -0.25) is 14.0 Å². The molecule has 0 aliphatic heterocycles. The van der Waals surface area contributed by atoms with E-state index in [-0.39, 0.29) is 11.7 Å². The molecule has 3 N–H and O–H groups in total. The van der Waals surface area contributed by atoms with E-state index in [4.69, 9.17) is 15.6 Å². The van der Waals surface area contributed by atoms with Crippen LogP contribution in [0.25, 0.3) is 5.69 Å². The molecule has 108 valence electrons. The van der Waals surface area contributed by atoms with Gasteiger partial charge in [-0.05, 0) is 0 Å². The SMILES string of the molecule is COCCn1cc(-n2c(N)nnc2SCC(=O)O)cn1. The van der Waals surface area contributed by atoms with Gasteiger partial charge < -0.3 is 15.6 Å². The van der Waals surface area contributed by atoms with Gasteiger partial charge in [0.15, 0.2) is 5.16 Å². The quantitative estimate of drug-likeness (QED) is 0.678. The van der Waals surface area contributed by atoms with E-state index in [1.54, 1.807) is 28.8 Å². The van der Waals surface area contributed by atoms with Crippen molar-refractivity contribution in [3.8, 4) is 5.69 Å². The molecule has 20 heavy (non-hydrogen) atoms. The van der Waals surface area contributed by atoms with Crippen molar-refractivity contribution in [2.24, 2.45) is 0 Å². The number of anilines is 1. The molecule has 2 heterocycles. The van der Waals surface area contributed by atoms with Gasteiger partial charge in [0.05, 0.1) is 30.8 Å². The first kappa shape index (κ1) is 14.3. The third-order valence-corrected chi connectivity index (χ3v) is 3.30. The normalized spacial score (nSPS) is 10.8. The first-order valence-corrected chi connectivity index (χ1v) is 6.67. The number of carbonyl (C=O) groups is 1. The average molecular weight is 298 g/mol. The number of thioether (sulfide) groups is 1. The van der Waals surface area contributed by atoms with E-state index in [1.165, 1.54) is 0 Å². The molecule has 0 radical (unpaired) electrons. The van der Waals surface area contributed by atoms with Gasteiger partial charge in [-0.1, -0.05) is 11.8 Å². The molecule has 0 spiro atoms. The number of carboxylic acid groups (broad SMARTS) is 1. The molecular weight excluding hydrogens is 284 g/mol. The Balaban J connectivity index is 2.20. The molecule has 0 fully saturated rings. The molecule has 2 rings (SSSR count). The van der Waals surface area contributed by atoms with Crippen molar-refractivity contribution >= 4 is 23.7 Å². The Morgan fingerprint density at radius 1 is 1.55 bits per heavy atom. The number of rotatable bonds is 7. The Kier molecular flexibility index (Phi) is 4.58. The van der Waals surface area contributed by atoms with Gasteiger partial charge >= 0.3 is 5.97 Å². The average Bonchev–Trinajstić information content (AvgIpc) is 3.00. The smallest absolute Gasteiger partial charge is 0.313 e. The highest BCUT2D eigenvalue weighted by Crippen LogP contribution is 2.22. The molecule has 0 saturated carbocycles. The van der Waals surface area contributed by atoms with Crippen molar-refractivity contribution in [2.75, 3.05) is 25.2 Å². The van der Waals surface area contributed by atoms with Gasteiger partial charge in [0.1, 0.15) is 0 Å². The summed E-state index contributed by atoms with van der Waals surface area (Å²) in [5.74, 6) is -0.862. The summed E-state index contributed by atoms with van der Waals surface area (Å²) in [5, 5.41) is 20.9. The zero-order valence-corrected chi connectivity index (χ0v) is 11.6. The fourth-order valence-corrected chi connectivity index (χ4v) is 2.20.